The van der Waals surface area contributed by atoms with E-state index >= 15 is 0 Å². The number of benzene rings is 1. The minimum atomic E-state index is -1.38. The largest absolute Gasteiger partial charge is 0.545 e. The highest BCUT2D eigenvalue weighted by molar-refractivity contribution is 6.02. The van der Waals surface area contributed by atoms with E-state index < -0.39 is 11.9 Å². The van der Waals surface area contributed by atoms with E-state index in [-0.39, 0.29) is 0 Å². The van der Waals surface area contributed by atoms with Gasteiger partial charge < -0.3 is 15.2 Å². The Morgan fingerprint density at radius 1 is 1.17 bits per heavy atom. The molecule has 0 spiro atoms. The summed E-state index contributed by atoms with van der Waals surface area (Å²) in [5, 5.41) is 12.9. The van der Waals surface area contributed by atoms with Crippen LogP contribution in [0.1, 0.15) is 25.0 Å². The molecule has 4 nitrogen and oxygen atoms in total. The van der Waals surface area contributed by atoms with Crippen LogP contribution in [0.5, 0.6) is 0 Å². The van der Waals surface area contributed by atoms with E-state index in [4.69, 9.17) is 0 Å². The number of carbonyl (C=O) groups excluding carboxylic acids is 2. The summed E-state index contributed by atoms with van der Waals surface area (Å²) in [4.78, 5) is 21.8. The first-order valence-electron chi connectivity index (χ1n) is 5.89. The maximum atomic E-state index is 11.6. The Labute approximate surface area is 106 Å². The van der Waals surface area contributed by atoms with E-state index in [2.05, 4.69) is 5.32 Å². The number of amides is 1. The lowest BCUT2D eigenvalue weighted by molar-refractivity contribution is -0.297. The fourth-order valence-corrected chi connectivity index (χ4v) is 1.71. The van der Waals surface area contributed by atoms with Gasteiger partial charge in [-0.3, -0.25) is 4.79 Å². The van der Waals surface area contributed by atoms with Crippen LogP contribution in [0.15, 0.2) is 30.4 Å². The molecule has 4 heteroatoms. The van der Waals surface area contributed by atoms with Crippen LogP contribution in [0, 0.1) is 0 Å². The van der Waals surface area contributed by atoms with Crippen molar-refractivity contribution in [2.45, 2.75) is 26.7 Å². The zero-order valence-electron chi connectivity index (χ0n) is 10.5. The predicted molar refractivity (Wildman–Crippen MR) is 68.0 cm³/mol. The number of carbonyl (C=O) groups is 2. The van der Waals surface area contributed by atoms with E-state index in [1.165, 1.54) is 0 Å². The maximum absolute atomic E-state index is 11.6. The zero-order valence-corrected chi connectivity index (χ0v) is 10.5. The number of rotatable bonds is 5. The van der Waals surface area contributed by atoms with Gasteiger partial charge in [0.2, 0.25) is 5.91 Å². The Hall–Kier alpha value is -2.10. The third-order valence-electron chi connectivity index (χ3n) is 2.62. The molecule has 0 bridgehead atoms. The predicted octanol–water partition coefficient (Wildman–Crippen LogP) is 1.06. The number of aliphatic carboxylic acids is 1. The van der Waals surface area contributed by atoms with Crippen molar-refractivity contribution in [2.24, 2.45) is 0 Å². The molecule has 1 aromatic rings. The fraction of sp³-hybridized carbons (Fsp3) is 0.286. The topological polar surface area (TPSA) is 69.2 Å². The van der Waals surface area contributed by atoms with Crippen LogP contribution in [0.4, 0.5) is 5.69 Å². The summed E-state index contributed by atoms with van der Waals surface area (Å²) in [5.74, 6) is -1.85. The molecule has 1 aromatic carbocycles. The second-order valence-electron chi connectivity index (χ2n) is 3.80. The number of carboxylic acid groups (broad SMARTS) is 1. The van der Waals surface area contributed by atoms with E-state index in [9.17, 15) is 14.7 Å². The summed E-state index contributed by atoms with van der Waals surface area (Å²) in [6, 6.07) is 5.83. The third-order valence-corrected chi connectivity index (χ3v) is 2.62. The first-order valence-corrected chi connectivity index (χ1v) is 5.89. The molecular formula is C14H16NO3-. The molecule has 0 heterocycles. The number of para-hydroxylation sites is 1. The van der Waals surface area contributed by atoms with Gasteiger partial charge >= 0.3 is 0 Å². The van der Waals surface area contributed by atoms with Crippen LogP contribution < -0.4 is 10.4 Å². The van der Waals surface area contributed by atoms with Gasteiger partial charge in [-0.05, 0) is 30.0 Å². The average molecular weight is 246 g/mol. The van der Waals surface area contributed by atoms with Gasteiger partial charge in [0.05, 0.1) is 5.97 Å². The highest BCUT2D eigenvalue weighted by atomic mass is 16.4. The Morgan fingerprint density at radius 2 is 1.72 bits per heavy atom. The quantitative estimate of drug-likeness (QED) is 0.790. The molecule has 18 heavy (non-hydrogen) atoms. The Bertz CT molecular complexity index is 456. The van der Waals surface area contributed by atoms with E-state index in [1.807, 2.05) is 32.0 Å². The summed E-state index contributed by atoms with van der Waals surface area (Å²) in [7, 11) is 0. The maximum Gasteiger partial charge on any atom is 0.248 e. The minimum Gasteiger partial charge on any atom is -0.545 e. The average Bonchev–Trinajstić information content (AvgIpc) is 2.36. The number of hydrogen-bond donors (Lipinski definition) is 1. The number of aryl methyl sites for hydroxylation is 2. The molecule has 0 saturated heterocycles. The van der Waals surface area contributed by atoms with Crippen LogP contribution >= 0.6 is 0 Å². The molecule has 96 valence electrons. The highest BCUT2D eigenvalue weighted by Gasteiger charge is 2.07. The Balaban J connectivity index is 2.95. The minimum absolute atomic E-state index is 0.463. The van der Waals surface area contributed by atoms with Crippen LogP contribution in [-0.2, 0) is 22.4 Å². The van der Waals surface area contributed by atoms with E-state index in [0.29, 0.717) is 0 Å². The molecule has 0 aliphatic carbocycles. The van der Waals surface area contributed by atoms with Crippen molar-refractivity contribution < 1.29 is 14.7 Å². The van der Waals surface area contributed by atoms with Gasteiger partial charge in [-0.1, -0.05) is 32.0 Å². The van der Waals surface area contributed by atoms with Crippen molar-refractivity contribution in [2.75, 3.05) is 5.32 Å². The summed E-state index contributed by atoms with van der Waals surface area (Å²) in [6.45, 7) is 4.00. The molecule has 0 aliphatic heterocycles. The highest BCUT2D eigenvalue weighted by Crippen LogP contribution is 2.22. The normalized spacial score (nSPS) is 10.6. The fourth-order valence-electron chi connectivity index (χ4n) is 1.71. The second kappa shape index (κ2) is 6.59. The Kier molecular flexibility index (Phi) is 5.11. The molecule has 0 unspecified atom stereocenters. The lowest BCUT2D eigenvalue weighted by Crippen LogP contribution is -2.20. The van der Waals surface area contributed by atoms with Crippen molar-refractivity contribution in [3.05, 3.63) is 41.5 Å². The number of hydrogen-bond acceptors (Lipinski definition) is 3. The van der Waals surface area contributed by atoms with Crippen LogP contribution in [-0.4, -0.2) is 11.9 Å². The molecule has 1 N–H and O–H groups in total. The van der Waals surface area contributed by atoms with Crippen molar-refractivity contribution in [1.82, 2.24) is 0 Å². The summed E-state index contributed by atoms with van der Waals surface area (Å²) in [6.07, 6.45) is 3.28. The van der Waals surface area contributed by atoms with Gasteiger partial charge in [0.15, 0.2) is 0 Å². The zero-order chi connectivity index (χ0) is 13.5. The van der Waals surface area contributed by atoms with Crippen molar-refractivity contribution in [3.8, 4) is 0 Å². The smallest absolute Gasteiger partial charge is 0.248 e. The molecule has 1 amide bonds. The lowest BCUT2D eigenvalue weighted by atomic mass is 10.0. The SMILES string of the molecule is CCc1cccc(CC)c1NC(=O)C=CC(=O)[O-]. The molecule has 0 saturated carbocycles. The summed E-state index contributed by atoms with van der Waals surface area (Å²) in [5.41, 5.74) is 2.84. The molecular weight excluding hydrogens is 230 g/mol. The molecule has 1 rings (SSSR count). The van der Waals surface area contributed by atoms with E-state index in [1.54, 1.807) is 0 Å². The second-order valence-corrected chi connectivity index (χ2v) is 3.80. The van der Waals surface area contributed by atoms with Gasteiger partial charge in [0.25, 0.3) is 0 Å². The lowest BCUT2D eigenvalue weighted by Gasteiger charge is -2.13. The number of nitrogens with one attached hydrogen (secondary N) is 1. The van der Waals surface area contributed by atoms with Gasteiger partial charge in [-0.15, -0.1) is 0 Å². The molecule has 0 aliphatic rings. The van der Waals surface area contributed by atoms with Gasteiger partial charge in [-0.25, -0.2) is 0 Å². The monoisotopic (exact) mass is 246 g/mol. The van der Waals surface area contributed by atoms with E-state index in [0.717, 1.165) is 41.8 Å². The molecule has 0 atom stereocenters. The Morgan fingerprint density at radius 3 is 2.17 bits per heavy atom. The van der Waals surface area contributed by atoms with Gasteiger partial charge in [0, 0.05) is 11.8 Å². The molecule has 0 radical (unpaired) electrons. The number of anilines is 1. The van der Waals surface area contributed by atoms with Gasteiger partial charge in [0.1, 0.15) is 0 Å². The van der Waals surface area contributed by atoms with Crippen LogP contribution in [0.3, 0.4) is 0 Å². The van der Waals surface area contributed by atoms with Crippen LogP contribution in [0.25, 0.3) is 0 Å². The van der Waals surface area contributed by atoms with Crippen molar-refractivity contribution >= 4 is 17.6 Å². The third kappa shape index (κ3) is 3.73. The summed E-state index contributed by atoms with van der Waals surface area (Å²) >= 11 is 0. The van der Waals surface area contributed by atoms with Gasteiger partial charge in [-0.2, -0.15) is 0 Å². The molecule has 0 aromatic heterocycles. The van der Waals surface area contributed by atoms with Crippen molar-refractivity contribution in [3.63, 3.8) is 0 Å². The first kappa shape index (κ1) is 14.0. The number of carboxylic acids is 1. The molecule has 0 fully saturated rings. The van der Waals surface area contributed by atoms with Crippen molar-refractivity contribution in [1.29, 1.82) is 0 Å². The van der Waals surface area contributed by atoms with Crippen LogP contribution in [0.2, 0.25) is 0 Å². The standard InChI is InChI=1S/C14H17NO3/c1-3-10-6-5-7-11(4-2)14(10)15-12(16)8-9-13(17)18/h5-9H,3-4H2,1-2H3,(H,15,16)(H,17,18)/p-1. The summed E-state index contributed by atoms with van der Waals surface area (Å²) < 4.78 is 0. The first-order chi connectivity index (χ1) is 8.58.